The lowest BCUT2D eigenvalue weighted by molar-refractivity contribution is 0.100. The molecule has 3 amide bonds. The summed E-state index contributed by atoms with van der Waals surface area (Å²) in [5.41, 5.74) is 7.34. The van der Waals surface area contributed by atoms with E-state index in [-0.39, 0.29) is 5.56 Å². The Morgan fingerprint density at radius 2 is 1.81 bits per heavy atom. The van der Waals surface area contributed by atoms with Gasteiger partial charge in [0, 0.05) is 10.7 Å². The Labute approximate surface area is 127 Å². The van der Waals surface area contributed by atoms with Crippen LogP contribution in [0, 0.1) is 6.92 Å². The lowest BCUT2D eigenvalue weighted by atomic mass is 10.1. The summed E-state index contributed by atoms with van der Waals surface area (Å²) < 4.78 is 0. The maximum atomic E-state index is 12.0. The van der Waals surface area contributed by atoms with Gasteiger partial charge in [-0.05, 0) is 42.8 Å². The van der Waals surface area contributed by atoms with Crippen molar-refractivity contribution in [3.05, 3.63) is 58.6 Å². The summed E-state index contributed by atoms with van der Waals surface area (Å²) in [7, 11) is 0. The predicted molar refractivity (Wildman–Crippen MR) is 83.8 cm³/mol. The molecule has 0 heterocycles. The Kier molecular flexibility index (Phi) is 4.45. The van der Waals surface area contributed by atoms with Gasteiger partial charge in [-0.2, -0.15) is 0 Å². The summed E-state index contributed by atoms with van der Waals surface area (Å²) in [6.07, 6.45) is 0. The highest BCUT2D eigenvalue weighted by atomic mass is 35.5. The van der Waals surface area contributed by atoms with Crippen LogP contribution in [0.15, 0.2) is 42.5 Å². The number of hydrogen-bond acceptors (Lipinski definition) is 2. The number of para-hydroxylation sites is 1. The fraction of sp³-hybridized carbons (Fsp3) is 0.0667. The number of urea groups is 1. The average molecular weight is 304 g/mol. The largest absolute Gasteiger partial charge is 0.366 e. The number of benzene rings is 2. The summed E-state index contributed by atoms with van der Waals surface area (Å²) in [5, 5.41) is 5.77. The van der Waals surface area contributed by atoms with Crippen molar-refractivity contribution in [1.29, 1.82) is 0 Å². The van der Waals surface area contributed by atoms with Gasteiger partial charge in [0.1, 0.15) is 0 Å². The third-order valence-electron chi connectivity index (χ3n) is 2.74. The molecule has 108 valence electrons. The monoisotopic (exact) mass is 303 g/mol. The summed E-state index contributed by atoms with van der Waals surface area (Å²) >= 11 is 5.93. The van der Waals surface area contributed by atoms with Crippen molar-refractivity contribution in [2.45, 2.75) is 6.92 Å². The molecule has 2 aromatic rings. The fourth-order valence-corrected chi connectivity index (χ4v) is 2.19. The van der Waals surface area contributed by atoms with Crippen LogP contribution >= 0.6 is 11.6 Å². The van der Waals surface area contributed by atoms with Crippen LogP contribution in [-0.4, -0.2) is 11.9 Å². The zero-order valence-electron chi connectivity index (χ0n) is 11.3. The molecule has 21 heavy (non-hydrogen) atoms. The van der Waals surface area contributed by atoms with E-state index in [1.807, 2.05) is 6.92 Å². The van der Waals surface area contributed by atoms with Crippen LogP contribution in [0.3, 0.4) is 0 Å². The molecule has 0 fully saturated rings. The van der Waals surface area contributed by atoms with E-state index in [2.05, 4.69) is 10.6 Å². The first kappa shape index (κ1) is 14.9. The normalized spacial score (nSPS) is 10.0. The minimum absolute atomic E-state index is 0.245. The summed E-state index contributed by atoms with van der Waals surface area (Å²) in [6, 6.07) is 11.2. The number of anilines is 2. The minimum atomic E-state index is -0.607. The second kappa shape index (κ2) is 6.28. The van der Waals surface area contributed by atoms with Gasteiger partial charge >= 0.3 is 6.03 Å². The summed E-state index contributed by atoms with van der Waals surface area (Å²) in [4.78, 5) is 23.2. The van der Waals surface area contributed by atoms with Crippen molar-refractivity contribution < 1.29 is 9.59 Å². The summed E-state index contributed by atoms with van der Waals surface area (Å²) in [5.74, 6) is -0.607. The Bertz CT molecular complexity index is 681. The number of nitrogens with one attached hydrogen (secondary N) is 2. The Morgan fingerprint density at radius 1 is 1.10 bits per heavy atom. The van der Waals surface area contributed by atoms with E-state index >= 15 is 0 Å². The molecule has 0 aromatic heterocycles. The fourth-order valence-electron chi connectivity index (χ4n) is 1.90. The van der Waals surface area contributed by atoms with Crippen molar-refractivity contribution in [1.82, 2.24) is 0 Å². The van der Waals surface area contributed by atoms with E-state index in [0.29, 0.717) is 16.4 Å². The SMILES string of the molecule is Cc1cc(Cl)cc(NC(=O)Nc2ccccc2C(N)=O)c1. The van der Waals surface area contributed by atoms with Crippen LogP contribution in [0.1, 0.15) is 15.9 Å². The number of halogens is 1. The first-order chi connectivity index (χ1) is 9.95. The third kappa shape index (κ3) is 3.97. The van der Waals surface area contributed by atoms with E-state index in [1.54, 1.807) is 42.5 Å². The molecule has 0 unspecified atom stereocenters. The molecule has 6 heteroatoms. The molecular weight excluding hydrogens is 290 g/mol. The van der Waals surface area contributed by atoms with Crippen LogP contribution < -0.4 is 16.4 Å². The van der Waals surface area contributed by atoms with E-state index in [9.17, 15) is 9.59 Å². The van der Waals surface area contributed by atoms with Crippen LogP contribution in [0.4, 0.5) is 16.2 Å². The van der Waals surface area contributed by atoms with Gasteiger partial charge in [-0.1, -0.05) is 23.7 Å². The number of amides is 3. The van der Waals surface area contributed by atoms with Gasteiger partial charge < -0.3 is 16.4 Å². The topological polar surface area (TPSA) is 84.2 Å². The first-order valence-corrected chi connectivity index (χ1v) is 6.57. The lowest BCUT2D eigenvalue weighted by Gasteiger charge is -2.11. The van der Waals surface area contributed by atoms with Crippen molar-refractivity contribution in [2.75, 3.05) is 10.6 Å². The van der Waals surface area contributed by atoms with Crippen molar-refractivity contribution in [3.63, 3.8) is 0 Å². The number of carbonyl (C=O) groups is 2. The average Bonchev–Trinajstić information content (AvgIpc) is 2.37. The maximum absolute atomic E-state index is 12.0. The molecular formula is C15H14ClN3O2. The highest BCUT2D eigenvalue weighted by Gasteiger charge is 2.10. The lowest BCUT2D eigenvalue weighted by Crippen LogP contribution is -2.22. The van der Waals surface area contributed by atoms with Gasteiger partial charge in [0.05, 0.1) is 11.3 Å². The van der Waals surface area contributed by atoms with Crippen LogP contribution in [0.2, 0.25) is 5.02 Å². The van der Waals surface area contributed by atoms with Gasteiger partial charge in [0.2, 0.25) is 0 Å². The van der Waals surface area contributed by atoms with Crippen LogP contribution in [0.25, 0.3) is 0 Å². The zero-order valence-corrected chi connectivity index (χ0v) is 12.1. The Balaban J connectivity index is 2.14. The number of primary amides is 1. The first-order valence-electron chi connectivity index (χ1n) is 6.20. The van der Waals surface area contributed by atoms with Crippen molar-refractivity contribution in [3.8, 4) is 0 Å². The Morgan fingerprint density at radius 3 is 2.48 bits per heavy atom. The number of carbonyl (C=O) groups excluding carboxylic acids is 2. The number of hydrogen-bond donors (Lipinski definition) is 3. The van der Waals surface area contributed by atoms with E-state index < -0.39 is 11.9 Å². The molecule has 0 aliphatic carbocycles. The quantitative estimate of drug-likeness (QED) is 0.812. The van der Waals surface area contributed by atoms with E-state index in [1.165, 1.54) is 0 Å². The van der Waals surface area contributed by atoms with Gasteiger partial charge in [-0.15, -0.1) is 0 Å². The summed E-state index contributed by atoms with van der Waals surface area (Å²) in [6.45, 7) is 1.87. The Hall–Kier alpha value is -2.53. The molecule has 0 radical (unpaired) electrons. The molecule has 5 nitrogen and oxygen atoms in total. The smallest absolute Gasteiger partial charge is 0.323 e. The second-order valence-corrected chi connectivity index (χ2v) is 4.94. The molecule has 4 N–H and O–H groups in total. The molecule has 2 aromatic carbocycles. The molecule has 0 spiro atoms. The molecule has 0 atom stereocenters. The minimum Gasteiger partial charge on any atom is -0.366 e. The van der Waals surface area contributed by atoms with Gasteiger partial charge in [-0.3, -0.25) is 4.79 Å². The predicted octanol–water partition coefficient (Wildman–Crippen LogP) is 3.39. The van der Waals surface area contributed by atoms with E-state index in [4.69, 9.17) is 17.3 Å². The highest BCUT2D eigenvalue weighted by molar-refractivity contribution is 6.31. The molecule has 2 rings (SSSR count). The molecule has 0 aliphatic rings. The second-order valence-electron chi connectivity index (χ2n) is 4.51. The molecule has 0 aliphatic heterocycles. The van der Waals surface area contributed by atoms with Crippen molar-refractivity contribution in [2.24, 2.45) is 5.73 Å². The molecule has 0 saturated carbocycles. The standard InChI is InChI=1S/C15H14ClN3O2/c1-9-6-10(16)8-11(7-9)18-15(21)19-13-5-3-2-4-12(13)14(17)20/h2-8H,1H3,(H2,17,20)(H2,18,19,21). The van der Waals surface area contributed by atoms with Gasteiger partial charge in [0.15, 0.2) is 0 Å². The zero-order chi connectivity index (χ0) is 15.4. The molecule has 0 saturated heterocycles. The number of rotatable bonds is 3. The third-order valence-corrected chi connectivity index (χ3v) is 2.96. The van der Waals surface area contributed by atoms with Gasteiger partial charge in [0.25, 0.3) is 5.91 Å². The number of nitrogens with two attached hydrogens (primary N) is 1. The number of aryl methyl sites for hydroxylation is 1. The molecule has 0 bridgehead atoms. The van der Waals surface area contributed by atoms with Crippen LogP contribution in [0.5, 0.6) is 0 Å². The highest BCUT2D eigenvalue weighted by Crippen LogP contribution is 2.19. The van der Waals surface area contributed by atoms with Crippen molar-refractivity contribution >= 4 is 34.9 Å². The van der Waals surface area contributed by atoms with Gasteiger partial charge in [-0.25, -0.2) is 4.79 Å². The maximum Gasteiger partial charge on any atom is 0.323 e. The van der Waals surface area contributed by atoms with Crippen LogP contribution in [-0.2, 0) is 0 Å². The van der Waals surface area contributed by atoms with E-state index in [0.717, 1.165) is 5.56 Å².